The van der Waals surface area contributed by atoms with Gasteiger partial charge < -0.3 is 9.55 Å². The van der Waals surface area contributed by atoms with E-state index >= 15 is 0 Å². The number of aromatic nitrogens is 2. The van der Waals surface area contributed by atoms with Gasteiger partial charge in [-0.05, 0) is 24.6 Å². The Kier molecular flexibility index (Phi) is 3.32. The first-order valence-corrected chi connectivity index (χ1v) is 5.56. The smallest absolute Gasteiger partial charge is 0.0162 e. The van der Waals surface area contributed by atoms with Gasteiger partial charge in [-0.2, -0.15) is 0 Å². The average Bonchev–Trinajstić information content (AvgIpc) is 2.61. The van der Waals surface area contributed by atoms with Crippen LogP contribution in [-0.2, 0) is 26.7 Å². The standard InChI is InChI=1S/C14H13N2.Ir/c1-3-16-12-5-4-8-15-14(12)11-7-6-10(2)9-13(11)16;/h4-6,8-9H,3H2,1-2H3;/q-1;. The van der Waals surface area contributed by atoms with Gasteiger partial charge in [-0.25, -0.2) is 0 Å². The Morgan fingerprint density at radius 2 is 2.18 bits per heavy atom. The minimum Gasteiger partial charge on any atom is -0.388 e. The Morgan fingerprint density at radius 1 is 1.35 bits per heavy atom. The Bertz CT molecular complexity index is 670. The molecule has 3 rings (SSSR count). The molecule has 89 valence electrons. The van der Waals surface area contributed by atoms with Crippen molar-refractivity contribution >= 4 is 21.9 Å². The summed E-state index contributed by atoms with van der Waals surface area (Å²) in [6, 6.07) is 11.7. The first kappa shape index (κ1) is 12.3. The molecule has 2 nitrogen and oxygen atoms in total. The quantitative estimate of drug-likeness (QED) is 0.572. The molecule has 0 saturated heterocycles. The van der Waals surface area contributed by atoms with Gasteiger partial charge >= 0.3 is 0 Å². The molecule has 3 heteroatoms. The molecule has 1 aromatic carbocycles. The second-order valence-corrected chi connectivity index (χ2v) is 4.05. The Morgan fingerprint density at radius 3 is 2.94 bits per heavy atom. The van der Waals surface area contributed by atoms with Crippen molar-refractivity contribution in [3.63, 3.8) is 0 Å². The second kappa shape index (κ2) is 4.59. The van der Waals surface area contributed by atoms with Crippen molar-refractivity contribution in [3.05, 3.63) is 42.1 Å². The van der Waals surface area contributed by atoms with Gasteiger partial charge in [0.25, 0.3) is 0 Å². The number of aryl methyl sites for hydroxylation is 2. The van der Waals surface area contributed by atoms with Gasteiger partial charge in [0.1, 0.15) is 0 Å². The van der Waals surface area contributed by atoms with E-state index in [9.17, 15) is 0 Å². The molecule has 17 heavy (non-hydrogen) atoms. The Labute approximate surface area is 114 Å². The molecule has 0 bridgehead atoms. The second-order valence-electron chi connectivity index (χ2n) is 4.05. The van der Waals surface area contributed by atoms with E-state index in [-0.39, 0.29) is 20.1 Å². The minimum absolute atomic E-state index is 0. The zero-order chi connectivity index (χ0) is 11.1. The molecule has 2 aromatic heterocycles. The van der Waals surface area contributed by atoms with Gasteiger partial charge in [-0.1, -0.05) is 12.3 Å². The third-order valence-electron chi connectivity index (χ3n) is 2.99. The zero-order valence-corrected chi connectivity index (χ0v) is 12.2. The van der Waals surface area contributed by atoms with E-state index in [1.165, 1.54) is 16.6 Å². The van der Waals surface area contributed by atoms with Gasteiger partial charge in [-0.3, -0.25) is 0 Å². The fraction of sp³-hybridized carbons (Fsp3) is 0.214. The topological polar surface area (TPSA) is 17.8 Å². The van der Waals surface area contributed by atoms with Gasteiger partial charge in [0.2, 0.25) is 0 Å². The largest absolute Gasteiger partial charge is 0.388 e. The maximum atomic E-state index is 4.46. The van der Waals surface area contributed by atoms with Gasteiger partial charge in [-0.15, -0.1) is 23.8 Å². The normalized spacial score (nSPS) is 10.7. The van der Waals surface area contributed by atoms with E-state index in [0.29, 0.717) is 0 Å². The predicted octanol–water partition coefficient (Wildman–Crippen LogP) is 3.32. The number of benzene rings is 1. The van der Waals surface area contributed by atoms with E-state index in [1.807, 2.05) is 18.3 Å². The van der Waals surface area contributed by atoms with Crippen molar-refractivity contribution < 1.29 is 20.1 Å². The Hall–Kier alpha value is -1.18. The van der Waals surface area contributed by atoms with Crippen molar-refractivity contribution in [1.82, 2.24) is 9.55 Å². The minimum atomic E-state index is 0. The van der Waals surface area contributed by atoms with Crippen LogP contribution < -0.4 is 0 Å². The number of hydrogen-bond donors (Lipinski definition) is 0. The first-order valence-electron chi connectivity index (χ1n) is 5.56. The van der Waals surface area contributed by atoms with Gasteiger partial charge in [0.05, 0.1) is 0 Å². The van der Waals surface area contributed by atoms with Crippen LogP contribution in [0.4, 0.5) is 0 Å². The summed E-state index contributed by atoms with van der Waals surface area (Å²) in [5.41, 5.74) is 4.72. The number of fused-ring (bicyclic) bond motifs is 3. The molecule has 0 fully saturated rings. The maximum absolute atomic E-state index is 4.46. The van der Waals surface area contributed by atoms with Crippen LogP contribution in [0.1, 0.15) is 12.5 Å². The molecule has 0 aliphatic carbocycles. The van der Waals surface area contributed by atoms with E-state index in [4.69, 9.17) is 0 Å². The number of rotatable bonds is 1. The summed E-state index contributed by atoms with van der Waals surface area (Å²) in [5.74, 6) is 0. The van der Waals surface area contributed by atoms with Crippen molar-refractivity contribution in [1.29, 1.82) is 0 Å². The Balaban J connectivity index is 0.00000108. The summed E-state index contributed by atoms with van der Waals surface area (Å²) in [6.45, 7) is 5.22. The third kappa shape index (κ3) is 1.80. The van der Waals surface area contributed by atoms with Crippen molar-refractivity contribution in [3.8, 4) is 0 Å². The summed E-state index contributed by atoms with van der Waals surface area (Å²) < 4.78 is 2.29. The van der Waals surface area contributed by atoms with Crippen LogP contribution in [0, 0.1) is 13.0 Å². The fourth-order valence-corrected chi connectivity index (χ4v) is 2.27. The summed E-state index contributed by atoms with van der Waals surface area (Å²) in [5, 5.41) is 1.13. The van der Waals surface area contributed by atoms with Crippen LogP contribution in [0.5, 0.6) is 0 Å². The van der Waals surface area contributed by atoms with Crippen LogP contribution in [0.3, 0.4) is 0 Å². The summed E-state index contributed by atoms with van der Waals surface area (Å²) >= 11 is 0. The molecule has 0 spiro atoms. The van der Waals surface area contributed by atoms with Crippen LogP contribution >= 0.6 is 0 Å². The fourth-order valence-electron chi connectivity index (χ4n) is 2.27. The van der Waals surface area contributed by atoms with E-state index in [1.54, 1.807) is 0 Å². The molecule has 0 N–H and O–H groups in total. The van der Waals surface area contributed by atoms with Crippen LogP contribution in [0.25, 0.3) is 21.9 Å². The first-order chi connectivity index (χ1) is 7.81. The van der Waals surface area contributed by atoms with Gasteiger partial charge in [0, 0.05) is 43.9 Å². The summed E-state index contributed by atoms with van der Waals surface area (Å²) in [6.07, 6.45) is 1.84. The average molecular weight is 401 g/mol. The molecule has 0 atom stereocenters. The number of nitrogens with zero attached hydrogens (tertiary/aromatic N) is 2. The van der Waals surface area contributed by atoms with Gasteiger partial charge in [0.15, 0.2) is 0 Å². The van der Waals surface area contributed by atoms with Crippen LogP contribution in [0.2, 0.25) is 0 Å². The zero-order valence-electron chi connectivity index (χ0n) is 9.82. The SMILES string of the molecule is CCn1c2cc(C)c[c-]c2c2ncccc21.[Ir]. The molecule has 2 heterocycles. The molecular formula is C14H13IrN2-. The van der Waals surface area contributed by atoms with E-state index < -0.39 is 0 Å². The maximum Gasteiger partial charge on any atom is 0.0162 e. The molecule has 0 aliphatic rings. The molecule has 0 saturated carbocycles. The molecular weight excluding hydrogens is 388 g/mol. The van der Waals surface area contributed by atoms with E-state index in [2.05, 4.69) is 41.6 Å². The summed E-state index contributed by atoms with van der Waals surface area (Å²) in [7, 11) is 0. The summed E-state index contributed by atoms with van der Waals surface area (Å²) in [4.78, 5) is 4.46. The van der Waals surface area contributed by atoms with Crippen LogP contribution in [0.15, 0.2) is 30.5 Å². The molecule has 0 unspecified atom stereocenters. The van der Waals surface area contributed by atoms with Crippen molar-refractivity contribution in [2.75, 3.05) is 0 Å². The number of hydrogen-bond acceptors (Lipinski definition) is 1. The van der Waals surface area contributed by atoms with Crippen molar-refractivity contribution in [2.24, 2.45) is 0 Å². The third-order valence-corrected chi connectivity index (χ3v) is 2.99. The molecule has 0 amide bonds. The van der Waals surface area contributed by atoms with E-state index in [0.717, 1.165) is 17.4 Å². The molecule has 3 aromatic rings. The predicted molar refractivity (Wildman–Crippen MR) is 66.5 cm³/mol. The van der Waals surface area contributed by atoms with Crippen LogP contribution in [-0.4, -0.2) is 9.55 Å². The monoisotopic (exact) mass is 402 g/mol. The number of pyridine rings is 1. The molecule has 1 radical (unpaired) electrons. The van der Waals surface area contributed by atoms with Crippen molar-refractivity contribution in [2.45, 2.75) is 20.4 Å². The molecule has 0 aliphatic heterocycles.